The third-order valence-electron chi connectivity index (χ3n) is 3.46. The van der Waals surface area contributed by atoms with Crippen LogP contribution in [0, 0.1) is 0 Å². The molecular formula is C22H22BrO2P. The average Bonchev–Trinajstić information content (AvgIpc) is 2.71. The van der Waals surface area contributed by atoms with Gasteiger partial charge in [0.1, 0.15) is 5.33 Å². The van der Waals surface area contributed by atoms with Crippen molar-refractivity contribution in [1.29, 1.82) is 0 Å². The molecule has 0 bridgehead atoms. The number of hydrogen-bond acceptors (Lipinski definition) is 2. The van der Waals surface area contributed by atoms with E-state index in [4.69, 9.17) is 0 Å². The van der Waals surface area contributed by atoms with Crippen LogP contribution in [0.3, 0.4) is 0 Å². The largest absolute Gasteiger partial charge is 0.465 e. The molecule has 0 amide bonds. The average molecular weight is 429 g/mol. The molecule has 0 spiro atoms. The first-order valence-electron chi connectivity index (χ1n) is 8.43. The third kappa shape index (κ3) is 6.40. The van der Waals surface area contributed by atoms with Crippen molar-refractivity contribution in [2.24, 2.45) is 0 Å². The molecule has 2 nitrogen and oxygen atoms in total. The molecule has 3 aromatic carbocycles. The maximum atomic E-state index is 10.1. The van der Waals surface area contributed by atoms with Crippen LogP contribution >= 0.6 is 23.9 Å². The first-order valence-corrected chi connectivity index (χ1v) is 10.9. The van der Waals surface area contributed by atoms with Crippen LogP contribution < -0.4 is 15.9 Å². The van der Waals surface area contributed by atoms with Crippen molar-refractivity contribution in [2.75, 3.05) is 11.9 Å². The van der Waals surface area contributed by atoms with Gasteiger partial charge in [-0.1, -0.05) is 107 Å². The highest BCUT2D eigenvalue weighted by molar-refractivity contribution is 9.09. The number of halogens is 1. The highest BCUT2D eigenvalue weighted by Crippen LogP contribution is 2.32. The predicted molar refractivity (Wildman–Crippen MR) is 116 cm³/mol. The zero-order valence-electron chi connectivity index (χ0n) is 14.7. The smallest absolute Gasteiger partial charge is 0.316 e. The minimum atomic E-state index is -0.446. The lowest BCUT2D eigenvalue weighted by molar-refractivity contribution is -0.139. The fourth-order valence-corrected chi connectivity index (χ4v) is 4.85. The lowest BCUT2D eigenvalue weighted by Crippen LogP contribution is -2.20. The molecule has 0 unspecified atom stereocenters. The van der Waals surface area contributed by atoms with Gasteiger partial charge in [0.2, 0.25) is 0 Å². The van der Waals surface area contributed by atoms with Crippen molar-refractivity contribution in [3.8, 4) is 0 Å². The van der Waals surface area contributed by atoms with Gasteiger partial charge in [-0.05, 0) is 30.8 Å². The van der Waals surface area contributed by atoms with E-state index in [0.29, 0.717) is 11.9 Å². The Labute approximate surface area is 165 Å². The minimum Gasteiger partial charge on any atom is -0.465 e. The van der Waals surface area contributed by atoms with E-state index in [0.717, 1.165) is 0 Å². The SMILES string of the molecule is CCOC(=O)CBr.c1ccc(P(c2ccccc2)c2ccccc2)cc1. The van der Waals surface area contributed by atoms with Crippen LogP contribution in [0.2, 0.25) is 0 Å². The Balaban J connectivity index is 0.000000298. The zero-order chi connectivity index (χ0) is 18.6. The molecule has 0 fully saturated rings. The van der Waals surface area contributed by atoms with Gasteiger partial charge in [0.15, 0.2) is 0 Å². The number of benzene rings is 3. The number of rotatable bonds is 5. The molecular weight excluding hydrogens is 407 g/mol. The van der Waals surface area contributed by atoms with E-state index in [1.807, 2.05) is 0 Å². The quantitative estimate of drug-likeness (QED) is 0.342. The second-order valence-electron chi connectivity index (χ2n) is 5.28. The van der Waals surface area contributed by atoms with Crippen molar-refractivity contribution < 1.29 is 9.53 Å². The molecule has 3 aromatic rings. The van der Waals surface area contributed by atoms with Gasteiger partial charge in [-0.2, -0.15) is 0 Å². The van der Waals surface area contributed by atoms with Crippen LogP contribution in [0.4, 0.5) is 0 Å². The molecule has 0 radical (unpaired) electrons. The number of ether oxygens (including phenoxy) is 1. The van der Waals surface area contributed by atoms with Crippen LogP contribution in [0.5, 0.6) is 0 Å². The van der Waals surface area contributed by atoms with Crippen molar-refractivity contribution in [1.82, 2.24) is 0 Å². The van der Waals surface area contributed by atoms with Crippen LogP contribution in [0.1, 0.15) is 6.92 Å². The minimum absolute atomic E-state index is 0.206. The van der Waals surface area contributed by atoms with Crippen LogP contribution in [-0.2, 0) is 9.53 Å². The van der Waals surface area contributed by atoms with Gasteiger partial charge >= 0.3 is 5.97 Å². The Hall–Kier alpha value is -1.96. The Morgan fingerprint density at radius 3 is 1.35 bits per heavy atom. The molecule has 0 saturated heterocycles. The summed E-state index contributed by atoms with van der Waals surface area (Å²) >= 11 is 2.94. The van der Waals surface area contributed by atoms with Gasteiger partial charge in [-0.3, -0.25) is 4.79 Å². The Bertz CT molecular complexity index is 670. The number of alkyl halides is 1. The zero-order valence-corrected chi connectivity index (χ0v) is 17.2. The van der Waals surface area contributed by atoms with Crippen LogP contribution in [-0.4, -0.2) is 17.9 Å². The van der Waals surface area contributed by atoms with E-state index in [1.165, 1.54) is 15.9 Å². The molecule has 0 saturated carbocycles. The van der Waals surface area contributed by atoms with Gasteiger partial charge < -0.3 is 4.74 Å². The molecule has 0 N–H and O–H groups in total. The number of hydrogen-bond donors (Lipinski definition) is 0. The lowest BCUT2D eigenvalue weighted by Gasteiger charge is -2.18. The van der Waals surface area contributed by atoms with Gasteiger partial charge in [0, 0.05) is 0 Å². The van der Waals surface area contributed by atoms with Crippen LogP contribution in [0.15, 0.2) is 91.0 Å². The highest BCUT2D eigenvalue weighted by Gasteiger charge is 2.14. The second-order valence-corrected chi connectivity index (χ2v) is 8.06. The molecule has 0 atom stereocenters. The summed E-state index contributed by atoms with van der Waals surface area (Å²) in [5.74, 6) is -0.206. The van der Waals surface area contributed by atoms with Gasteiger partial charge in [0.05, 0.1) is 6.61 Å². The monoisotopic (exact) mass is 428 g/mol. The van der Waals surface area contributed by atoms with Gasteiger partial charge in [-0.15, -0.1) is 0 Å². The number of carbonyl (C=O) groups is 1. The van der Waals surface area contributed by atoms with E-state index >= 15 is 0 Å². The summed E-state index contributed by atoms with van der Waals surface area (Å²) < 4.78 is 4.51. The fraction of sp³-hybridized carbons (Fsp3) is 0.136. The first kappa shape index (κ1) is 20.4. The standard InChI is InChI=1S/C18H15P.C4H7BrO2/c1-4-10-16(11-5-1)19(17-12-6-2-7-13-17)18-14-8-3-9-15-18;1-2-7-4(6)3-5/h1-15H;2-3H2,1H3. The fourth-order valence-electron chi connectivity index (χ4n) is 2.38. The molecule has 0 aromatic heterocycles. The molecule has 26 heavy (non-hydrogen) atoms. The predicted octanol–water partition coefficient (Wildman–Crippen LogP) is 4.39. The Kier molecular flexibility index (Phi) is 9.09. The third-order valence-corrected chi connectivity index (χ3v) is 6.36. The Morgan fingerprint density at radius 2 is 1.12 bits per heavy atom. The van der Waals surface area contributed by atoms with E-state index < -0.39 is 7.92 Å². The number of carbonyl (C=O) groups excluding carboxylic acids is 1. The highest BCUT2D eigenvalue weighted by atomic mass is 79.9. The molecule has 4 heteroatoms. The molecule has 0 aliphatic rings. The summed E-state index contributed by atoms with van der Waals surface area (Å²) in [6.45, 7) is 2.24. The number of esters is 1. The summed E-state index contributed by atoms with van der Waals surface area (Å²) in [5, 5.41) is 4.49. The summed E-state index contributed by atoms with van der Waals surface area (Å²) in [5.41, 5.74) is 0. The van der Waals surface area contributed by atoms with Crippen molar-refractivity contribution in [3.63, 3.8) is 0 Å². The Morgan fingerprint density at radius 1 is 0.769 bits per heavy atom. The van der Waals surface area contributed by atoms with E-state index in [9.17, 15) is 4.79 Å². The molecule has 0 heterocycles. The van der Waals surface area contributed by atoms with Gasteiger partial charge in [0.25, 0.3) is 0 Å². The van der Waals surface area contributed by atoms with E-state index in [-0.39, 0.29) is 5.97 Å². The molecule has 134 valence electrons. The van der Waals surface area contributed by atoms with Crippen LogP contribution in [0.25, 0.3) is 0 Å². The topological polar surface area (TPSA) is 26.3 Å². The maximum Gasteiger partial charge on any atom is 0.316 e. The summed E-state index contributed by atoms with van der Waals surface area (Å²) in [4.78, 5) is 10.1. The van der Waals surface area contributed by atoms with Crippen molar-refractivity contribution >= 4 is 45.7 Å². The summed E-state index contributed by atoms with van der Waals surface area (Å²) in [6.07, 6.45) is 0. The lowest BCUT2D eigenvalue weighted by atomic mass is 10.4. The van der Waals surface area contributed by atoms with Gasteiger partial charge in [-0.25, -0.2) is 0 Å². The summed E-state index contributed by atoms with van der Waals surface area (Å²) in [6, 6.07) is 32.3. The second kappa shape index (κ2) is 11.6. The van der Waals surface area contributed by atoms with E-state index in [1.54, 1.807) is 6.92 Å². The summed E-state index contributed by atoms with van der Waals surface area (Å²) in [7, 11) is -0.446. The molecule has 0 aliphatic heterocycles. The normalized spacial score (nSPS) is 9.96. The maximum absolute atomic E-state index is 10.1. The van der Waals surface area contributed by atoms with E-state index in [2.05, 4.69) is 112 Å². The molecule has 3 rings (SSSR count). The first-order chi connectivity index (χ1) is 12.8. The van der Waals surface area contributed by atoms with Crippen molar-refractivity contribution in [3.05, 3.63) is 91.0 Å². The van der Waals surface area contributed by atoms with Crippen molar-refractivity contribution in [2.45, 2.75) is 6.92 Å². The molecule has 0 aliphatic carbocycles.